The maximum absolute atomic E-state index is 7.43. The Balaban J connectivity index is 2.41. The maximum atomic E-state index is 7.43. The van der Waals surface area contributed by atoms with Crippen LogP contribution in [0.3, 0.4) is 0 Å². The Bertz CT molecular complexity index is 355. The number of hydrogen-bond acceptors (Lipinski definition) is 2. The number of aryl methyl sites for hydroxylation is 1. The minimum absolute atomic E-state index is 0.208. The predicted octanol–water partition coefficient (Wildman–Crippen LogP) is 2.73. The highest BCUT2D eigenvalue weighted by molar-refractivity contribution is 5.82. The van der Waals surface area contributed by atoms with Crippen molar-refractivity contribution in [3.05, 3.63) is 29.8 Å². The van der Waals surface area contributed by atoms with Crippen molar-refractivity contribution in [2.24, 2.45) is 11.1 Å². The molecule has 0 saturated carbocycles. The number of rotatable bonds is 5. The zero-order valence-corrected chi connectivity index (χ0v) is 10.2. The fraction of sp³-hybridized carbons (Fsp3) is 0.462. The second-order valence-corrected chi connectivity index (χ2v) is 4.71. The number of hydrogen-bond donors (Lipinski definition) is 2. The molecule has 3 nitrogen and oxygen atoms in total. The van der Waals surface area contributed by atoms with Crippen molar-refractivity contribution in [1.82, 2.24) is 0 Å². The minimum Gasteiger partial charge on any atom is -0.494 e. The molecule has 16 heavy (non-hydrogen) atoms. The van der Waals surface area contributed by atoms with E-state index in [1.165, 1.54) is 5.56 Å². The maximum Gasteiger partial charge on any atom is 0.119 e. The summed E-state index contributed by atoms with van der Waals surface area (Å²) in [6, 6.07) is 7.95. The van der Waals surface area contributed by atoms with Crippen LogP contribution in [0.2, 0.25) is 0 Å². The second kappa shape index (κ2) is 5.01. The van der Waals surface area contributed by atoms with Crippen molar-refractivity contribution in [2.75, 3.05) is 6.61 Å². The van der Waals surface area contributed by atoms with Crippen molar-refractivity contribution < 1.29 is 4.74 Å². The molecule has 0 aliphatic carbocycles. The molecule has 0 spiro atoms. The van der Waals surface area contributed by atoms with Crippen molar-refractivity contribution in [3.8, 4) is 5.75 Å². The monoisotopic (exact) mass is 220 g/mol. The highest BCUT2D eigenvalue weighted by atomic mass is 16.5. The van der Waals surface area contributed by atoms with Crippen LogP contribution < -0.4 is 10.5 Å². The fourth-order valence-electron chi connectivity index (χ4n) is 1.19. The van der Waals surface area contributed by atoms with Gasteiger partial charge >= 0.3 is 0 Å². The summed E-state index contributed by atoms with van der Waals surface area (Å²) >= 11 is 0. The van der Waals surface area contributed by atoms with Gasteiger partial charge in [0.15, 0.2) is 0 Å². The number of ether oxygens (including phenoxy) is 1. The molecule has 0 aliphatic heterocycles. The molecule has 1 aromatic carbocycles. The lowest BCUT2D eigenvalue weighted by atomic mass is 9.88. The van der Waals surface area contributed by atoms with E-state index < -0.39 is 0 Å². The first kappa shape index (κ1) is 12.6. The molecule has 1 rings (SSSR count). The Hall–Kier alpha value is -1.51. The zero-order valence-electron chi connectivity index (χ0n) is 10.2. The number of benzene rings is 1. The van der Waals surface area contributed by atoms with Gasteiger partial charge in [-0.15, -0.1) is 0 Å². The van der Waals surface area contributed by atoms with Crippen LogP contribution in [0.1, 0.15) is 25.8 Å². The summed E-state index contributed by atoms with van der Waals surface area (Å²) in [7, 11) is 0. The van der Waals surface area contributed by atoms with Crippen LogP contribution in [0.15, 0.2) is 24.3 Å². The lowest BCUT2D eigenvalue weighted by Gasteiger charge is -2.22. The fourth-order valence-corrected chi connectivity index (χ4v) is 1.19. The Kier molecular flexibility index (Phi) is 3.93. The molecular weight excluding hydrogens is 200 g/mol. The van der Waals surface area contributed by atoms with E-state index in [1.54, 1.807) is 0 Å². The van der Waals surface area contributed by atoms with Crippen LogP contribution >= 0.6 is 0 Å². The van der Waals surface area contributed by atoms with Crippen LogP contribution in [0.5, 0.6) is 5.75 Å². The number of nitrogens with one attached hydrogen (secondary N) is 1. The third-order valence-electron chi connectivity index (χ3n) is 2.75. The van der Waals surface area contributed by atoms with Gasteiger partial charge in [0.2, 0.25) is 0 Å². The quantitative estimate of drug-likeness (QED) is 0.592. The van der Waals surface area contributed by atoms with Gasteiger partial charge in [0.25, 0.3) is 0 Å². The summed E-state index contributed by atoms with van der Waals surface area (Å²) < 4.78 is 5.59. The van der Waals surface area contributed by atoms with E-state index in [9.17, 15) is 0 Å². The normalized spacial score (nSPS) is 11.2. The van der Waals surface area contributed by atoms with Crippen molar-refractivity contribution in [1.29, 1.82) is 5.41 Å². The molecule has 88 valence electrons. The highest BCUT2D eigenvalue weighted by Crippen LogP contribution is 2.20. The Labute approximate surface area is 97.1 Å². The van der Waals surface area contributed by atoms with Gasteiger partial charge < -0.3 is 10.5 Å². The molecule has 0 radical (unpaired) electrons. The lowest BCUT2D eigenvalue weighted by molar-refractivity contribution is 0.268. The van der Waals surface area contributed by atoms with Crippen molar-refractivity contribution in [2.45, 2.75) is 27.2 Å². The highest BCUT2D eigenvalue weighted by Gasteiger charge is 2.21. The van der Waals surface area contributed by atoms with Crippen LogP contribution in [0, 0.1) is 17.7 Å². The molecule has 0 fully saturated rings. The molecule has 0 heterocycles. The van der Waals surface area contributed by atoms with E-state index in [2.05, 4.69) is 0 Å². The predicted molar refractivity (Wildman–Crippen MR) is 67.0 cm³/mol. The molecule has 3 heteroatoms. The first-order chi connectivity index (χ1) is 7.42. The first-order valence-electron chi connectivity index (χ1n) is 5.46. The standard InChI is InChI=1S/C13H20N2O/c1-10-4-6-11(7-5-10)16-9-8-13(2,3)12(14)15/h4-7H,8-9H2,1-3H3,(H3,14,15). The molecule has 0 unspecified atom stereocenters. The smallest absolute Gasteiger partial charge is 0.119 e. The molecule has 1 aromatic rings. The summed E-state index contributed by atoms with van der Waals surface area (Å²) in [5.74, 6) is 1.07. The van der Waals surface area contributed by atoms with Gasteiger partial charge in [-0.3, -0.25) is 5.41 Å². The zero-order chi connectivity index (χ0) is 12.2. The third kappa shape index (κ3) is 3.57. The van der Waals surface area contributed by atoms with E-state index in [-0.39, 0.29) is 11.3 Å². The molecule has 0 aromatic heterocycles. The number of amidine groups is 1. The lowest BCUT2D eigenvalue weighted by Crippen LogP contribution is -2.32. The summed E-state index contributed by atoms with van der Waals surface area (Å²) in [5.41, 5.74) is 6.43. The molecule has 0 saturated heterocycles. The van der Waals surface area contributed by atoms with Gasteiger partial charge in [-0.2, -0.15) is 0 Å². The van der Waals surface area contributed by atoms with E-state index in [0.717, 1.165) is 12.2 Å². The molecule has 0 bridgehead atoms. The minimum atomic E-state index is -0.287. The summed E-state index contributed by atoms with van der Waals surface area (Å²) in [6.07, 6.45) is 0.746. The Morgan fingerprint density at radius 2 is 1.88 bits per heavy atom. The SMILES string of the molecule is Cc1ccc(OCCC(C)(C)C(=N)N)cc1. The van der Waals surface area contributed by atoms with Crippen LogP contribution in [0.25, 0.3) is 0 Å². The summed E-state index contributed by atoms with van der Waals surface area (Å²) in [5, 5.41) is 7.43. The van der Waals surface area contributed by atoms with E-state index in [0.29, 0.717) is 6.61 Å². The molecule has 0 aliphatic rings. The van der Waals surface area contributed by atoms with Crippen LogP contribution in [-0.2, 0) is 0 Å². The number of nitrogens with two attached hydrogens (primary N) is 1. The average Bonchev–Trinajstić information content (AvgIpc) is 2.20. The van der Waals surface area contributed by atoms with Gasteiger partial charge in [-0.25, -0.2) is 0 Å². The second-order valence-electron chi connectivity index (χ2n) is 4.71. The first-order valence-corrected chi connectivity index (χ1v) is 5.46. The molecule has 3 N–H and O–H groups in total. The summed E-state index contributed by atoms with van der Waals surface area (Å²) in [6.45, 7) is 6.53. The largest absolute Gasteiger partial charge is 0.494 e. The van der Waals surface area contributed by atoms with E-state index in [4.69, 9.17) is 15.9 Å². The Morgan fingerprint density at radius 3 is 2.38 bits per heavy atom. The van der Waals surface area contributed by atoms with Gasteiger partial charge in [0, 0.05) is 5.41 Å². The Morgan fingerprint density at radius 1 is 1.31 bits per heavy atom. The summed E-state index contributed by atoms with van der Waals surface area (Å²) in [4.78, 5) is 0. The molecule has 0 atom stereocenters. The van der Waals surface area contributed by atoms with Crippen LogP contribution in [-0.4, -0.2) is 12.4 Å². The third-order valence-corrected chi connectivity index (χ3v) is 2.75. The average molecular weight is 220 g/mol. The van der Waals surface area contributed by atoms with E-state index >= 15 is 0 Å². The van der Waals surface area contributed by atoms with Crippen LogP contribution in [0.4, 0.5) is 0 Å². The van der Waals surface area contributed by atoms with Gasteiger partial charge in [0.1, 0.15) is 5.75 Å². The van der Waals surface area contributed by atoms with Gasteiger partial charge in [-0.05, 0) is 25.5 Å². The van der Waals surface area contributed by atoms with Crippen molar-refractivity contribution in [3.63, 3.8) is 0 Å². The van der Waals surface area contributed by atoms with Gasteiger partial charge in [-0.1, -0.05) is 31.5 Å². The van der Waals surface area contributed by atoms with Crippen molar-refractivity contribution >= 4 is 5.84 Å². The van der Waals surface area contributed by atoms with E-state index in [1.807, 2.05) is 45.0 Å². The molecular formula is C13H20N2O. The topological polar surface area (TPSA) is 59.1 Å². The molecule has 0 amide bonds. The van der Waals surface area contributed by atoms with Gasteiger partial charge in [0.05, 0.1) is 12.4 Å².